The molecule has 0 saturated carbocycles. The largest absolute Gasteiger partial charge is 0.352 e. The van der Waals surface area contributed by atoms with Gasteiger partial charge in [0.1, 0.15) is 11.3 Å². The Hall–Kier alpha value is -3.49. The Morgan fingerprint density at radius 1 is 1.14 bits per heavy atom. The van der Waals surface area contributed by atoms with Crippen LogP contribution in [0.3, 0.4) is 0 Å². The molecule has 5 heterocycles. The smallest absolute Gasteiger partial charge is 0.158 e. The van der Waals surface area contributed by atoms with Crippen LogP contribution in [0.4, 0.5) is 10.2 Å². The maximum atomic E-state index is 17.1. The first-order valence-electron chi connectivity index (χ1n) is 14.5. The van der Waals surface area contributed by atoms with Crippen molar-refractivity contribution in [2.75, 3.05) is 38.6 Å². The molecule has 2 aromatic carbocycles. The van der Waals surface area contributed by atoms with E-state index in [0.29, 0.717) is 39.3 Å². The number of H-pyrrole nitrogens is 1. The second-order valence-corrected chi connectivity index (χ2v) is 13.2. The van der Waals surface area contributed by atoms with Crippen LogP contribution in [0.1, 0.15) is 37.8 Å². The Morgan fingerprint density at radius 3 is 2.67 bits per heavy atom. The summed E-state index contributed by atoms with van der Waals surface area (Å²) in [4.78, 5) is 9.42. The van der Waals surface area contributed by atoms with Gasteiger partial charge in [-0.2, -0.15) is 15.5 Å². The monoisotopic (exact) mass is 619 g/mol. The molecule has 0 bridgehead atoms. The molecule has 9 nitrogen and oxygen atoms in total. The molecule has 2 saturated heterocycles. The molecule has 0 spiro atoms. The van der Waals surface area contributed by atoms with Gasteiger partial charge in [-0.05, 0) is 65.0 Å². The number of likely N-dealkylation sites (N-methyl/N-ethyl adjacent to an activating group) is 1. The fourth-order valence-corrected chi connectivity index (χ4v) is 7.26. The van der Waals surface area contributed by atoms with Gasteiger partial charge < -0.3 is 15.1 Å². The molecule has 2 fully saturated rings. The van der Waals surface area contributed by atoms with Crippen molar-refractivity contribution >= 4 is 61.7 Å². The lowest BCUT2D eigenvalue weighted by molar-refractivity contribution is 0.133. The lowest BCUT2D eigenvalue weighted by atomic mass is 9.90. The van der Waals surface area contributed by atoms with Crippen molar-refractivity contribution in [3.63, 3.8) is 0 Å². The zero-order valence-electron chi connectivity index (χ0n) is 24.5. The Labute approximate surface area is 258 Å². The molecule has 2 aliphatic rings. The molecular formula is C31H32Cl2FN9. The minimum Gasteiger partial charge on any atom is -0.352 e. The van der Waals surface area contributed by atoms with E-state index in [2.05, 4.69) is 52.4 Å². The molecule has 222 valence electrons. The van der Waals surface area contributed by atoms with Crippen molar-refractivity contribution in [1.29, 1.82) is 5.26 Å². The summed E-state index contributed by atoms with van der Waals surface area (Å²) in [6.45, 7) is 6.35. The standard InChI is InChI=1S/C31H32Cl2FN9/c1-16-22(32)11-24-20(12-37-40-24)25(16)26-23(33)10-19-28(27(26)34)39-30(42-14-31(2,15-42)41(3)4)21-13-38-43(29(19)21)18-6-8-36-17(9-18)5-7-35/h10-13,17-18,36H,5-6,8-9,14-15H2,1-4H3,(H,37,40)/t17-,18+/m1/s1. The Bertz CT molecular complexity index is 1950. The summed E-state index contributed by atoms with van der Waals surface area (Å²) in [5, 5.41) is 27.7. The van der Waals surface area contributed by atoms with Crippen LogP contribution in [0.5, 0.6) is 0 Å². The fourth-order valence-electron chi connectivity index (χ4n) is 6.77. The van der Waals surface area contributed by atoms with Gasteiger partial charge in [0.05, 0.1) is 57.9 Å². The lowest BCUT2D eigenvalue weighted by Gasteiger charge is -2.52. The van der Waals surface area contributed by atoms with Crippen molar-refractivity contribution in [3.8, 4) is 17.2 Å². The molecule has 12 heteroatoms. The van der Waals surface area contributed by atoms with Crippen LogP contribution >= 0.6 is 23.2 Å². The number of nitrogens with zero attached hydrogens (tertiary/aromatic N) is 7. The predicted molar refractivity (Wildman–Crippen MR) is 169 cm³/mol. The summed E-state index contributed by atoms with van der Waals surface area (Å²) >= 11 is 13.6. The van der Waals surface area contributed by atoms with Gasteiger partial charge in [-0.1, -0.05) is 23.2 Å². The molecule has 0 radical (unpaired) electrons. The topological polar surface area (TPSA) is 102 Å². The van der Waals surface area contributed by atoms with E-state index in [0.717, 1.165) is 48.8 Å². The molecule has 5 aromatic rings. The first-order valence-corrected chi connectivity index (χ1v) is 15.2. The highest BCUT2D eigenvalue weighted by Gasteiger charge is 2.42. The van der Waals surface area contributed by atoms with Crippen LogP contribution in [0.2, 0.25) is 10.0 Å². The predicted octanol–water partition coefficient (Wildman–Crippen LogP) is 6.23. The van der Waals surface area contributed by atoms with Gasteiger partial charge in [0.25, 0.3) is 0 Å². The number of rotatable bonds is 5. The number of aromatic nitrogens is 5. The summed E-state index contributed by atoms with van der Waals surface area (Å²) in [5.74, 6) is 0.203. The van der Waals surface area contributed by atoms with Crippen molar-refractivity contribution in [3.05, 3.63) is 46.0 Å². The highest BCUT2D eigenvalue weighted by atomic mass is 35.5. The van der Waals surface area contributed by atoms with Crippen LogP contribution in [-0.2, 0) is 0 Å². The van der Waals surface area contributed by atoms with E-state index in [1.807, 2.05) is 23.9 Å². The van der Waals surface area contributed by atoms with Gasteiger partial charge in [-0.3, -0.25) is 9.78 Å². The average Bonchev–Trinajstić information content (AvgIpc) is 3.61. The molecule has 0 aliphatic carbocycles. The number of nitrogens with one attached hydrogen (secondary N) is 2. The van der Waals surface area contributed by atoms with Crippen molar-refractivity contribution in [2.45, 2.75) is 50.7 Å². The van der Waals surface area contributed by atoms with Crippen LogP contribution < -0.4 is 10.2 Å². The van der Waals surface area contributed by atoms with E-state index in [1.54, 1.807) is 12.3 Å². The number of benzene rings is 2. The molecule has 2 atom stereocenters. The number of nitriles is 1. The summed E-state index contributed by atoms with van der Waals surface area (Å²) < 4.78 is 19.1. The number of anilines is 1. The first-order chi connectivity index (χ1) is 20.6. The summed E-state index contributed by atoms with van der Waals surface area (Å²) in [7, 11) is 4.15. The number of pyridine rings is 1. The number of aromatic amines is 1. The number of hydrogen-bond acceptors (Lipinski definition) is 7. The highest BCUT2D eigenvalue weighted by Crippen LogP contribution is 2.46. The van der Waals surface area contributed by atoms with Gasteiger partial charge in [-0.25, -0.2) is 9.37 Å². The zero-order valence-corrected chi connectivity index (χ0v) is 26.0. The van der Waals surface area contributed by atoms with E-state index in [4.69, 9.17) is 33.3 Å². The van der Waals surface area contributed by atoms with E-state index >= 15 is 4.39 Å². The van der Waals surface area contributed by atoms with Gasteiger partial charge in [0.2, 0.25) is 0 Å². The van der Waals surface area contributed by atoms with E-state index in [1.165, 1.54) is 0 Å². The number of hydrogen-bond donors (Lipinski definition) is 2. The second kappa shape index (κ2) is 10.3. The number of fused-ring (bicyclic) bond motifs is 4. The van der Waals surface area contributed by atoms with Crippen LogP contribution in [0, 0.1) is 24.1 Å². The quantitative estimate of drug-likeness (QED) is 0.240. The molecule has 2 N–H and O–H groups in total. The summed E-state index contributed by atoms with van der Waals surface area (Å²) in [5.41, 5.74) is 3.29. The van der Waals surface area contributed by atoms with E-state index in [9.17, 15) is 5.26 Å². The van der Waals surface area contributed by atoms with Crippen LogP contribution in [0.15, 0.2) is 24.5 Å². The summed E-state index contributed by atoms with van der Waals surface area (Å²) in [6, 6.07) is 6.00. The van der Waals surface area contributed by atoms with Crippen molar-refractivity contribution < 1.29 is 4.39 Å². The zero-order chi connectivity index (χ0) is 30.2. The molecule has 7 rings (SSSR count). The maximum Gasteiger partial charge on any atom is 0.158 e. The molecule has 0 amide bonds. The Balaban J connectivity index is 1.49. The van der Waals surface area contributed by atoms with Gasteiger partial charge in [0, 0.05) is 46.1 Å². The molecular weight excluding hydrogens is 588 g/mol. The van der Waals surface area contributed by atoms with Crippen LogP contribution in [0.25, 0.3) is 43.8 Å². The first kappa shape index (κ1) is 28.3. The minimum absolute atomic E-state index is 0.0208. The lowest BCUT2D eigenvalue weighted by Crippen LogP contribution is -2.67. The summed E-state index contributed by atoms with van der Waals surface area (Å²) in [6.07, 6.45) is 5.53. The van der Waals surface area contributed by atoms with E-state index in [-0.39, 0.29) is 33.7 Å². The third-order valence-electron chi connectivity index (χ3n) is 9.49. The molecule has 0 unspecified atom stereocenters. The fraction of sp³-hybridized carbons (Fsp3) is 0.419. The Morgan fingerprint density at radius 2 is 1.93 bits per heavy atom. The molecule has 2 aliphatic heterocycles. The Kier molecular flexibility index (Phi) is 6.78. The van der Waals surface area contributed by atoms with Crippen LogP contribution in [-0.4, -0.2) is 75.2 Å². The number of piperidine rings is 1. The minimum atomic E-state index is -0.505. The van der Waals surface area contributed by atoms with Crippen molar-refractivity contribution in [1.82, 2.24) is 35.2 Å². The third-order valence-corrected chi connectivity index (χ3v) is 10.2. The van der Waals surface area contributed by atoms with Gasteiger partial charge in [-0.15, -0.1) is 0 Å². The normalized spacial score (nSPS) is 20.3. The van der Waals surface area contributed by atoms with Gasteiger partial charge >= 0.3 is 0 Å². The number of halogens is 3. The SMILES string of the molecule is Cc1c(Cl)cc2[nH]ncc2c1-c1c(Cl)cc2c(nc(N3CC(C)(N(C)C)C3)c3cnn([C@H]4CCN[C@H](CC#N)C4)c32)c1F. The molecule has 43 heavy (non-hydrogen) atoms. The third kappa shape index (κ3) is 4.36. The maximum absolute atomic E-state index is 17.1. The molecule has 3 aromatic heterocycles. The van der Waals surface area contributed by atoms with E-state index < -0.39 is 5.82 Å². The van der Waals surface area contributed by atoms with Gasteiger partial charge in [0.15, 0.2) is 5.82 Å². The average molecular weight is 621 g/mol. The van der Waals surface area contributed by atoms with Crippen molar-refractivity contribution in [2.24, 2.45) is 0 Å². The second-order valence-electron chi connectivity index (χ2n) is 12.4. The highest BCUT2D eigenvalue weighted by molar-refractivity contribution is 6.36.